The number of esters is 1. The van der Waals surface area contributed by atoms with Crippen molar-refractivity contribution in [3.8, 4) is 0 Å². The monoisotopic (exact) mass is 410 g/mol. The molecule has 1 aromatic carbocycles. The maximum atomic E-state index is 12.2. The number of halogens is 1. The molecule has 1 aliphatic rings. The Bertz CT molecular complexity index is 769. The summed E-state index contributed by atoms with van der Waals surface area (Å²) in [7, 11) is 0. The topological polar surface area (TPSA) is 116 Å². The highest BCUT2D eigenvalue weighted by Gasteiger charge is 2.44. The van der Waals surface area contributed by atoms with Crippen LogP contribution in [0, 0.1) is 27.9 Å². The van der Waals surface area contributed by atoms with Gasteiger partial charge in [-0.05, 0) is 24.5 Å². The molecule has 0 heterocycles. The fourth-order valence-electron chi connectivity index (χ4n) is 3.45. The third-order valence-corrected chi connectivity index (χ3v) is 5.39. The number of benzene rings is 1. The van der Waals surface area contributed by atoms with Crippen LogP contribution in [0.1, 0.15) is 32.3 Å². The smallest absolute Gasteiger partial charge is 0.307 e. The highest BCUT2D eigenvalue weighted by atomic mass is 35.5. The molecule has 4 atom stereocenters. The predicted octanol–water partition coefficient (Wildman–Crippen LogP) is 2.40. The quantitative estimate of drug-likeness (QED) is 0.399. The second kappa shape index (κ2) is 9.64. The van der Waals surface area contributed by atoms with E-state index in [-0.39, 0.29) is 37.6 Å². The minimum absolute atomic E-state index is 0.160. The van der Waals surface area contributed by atoms with E-state index >= 15 is 0 Å². The molecule has 0 unspecified atom stereocenters. The van der Waals surface area contributed by atoms with Gasteiger partial charge < -0.3 is 10.1 Å². The molecule has 28 heavy (non-hydrogen) atoms. The Kier molecular flexibility index (Phi) is 7.51. The van der Waals surface area contributed by atoms with Gasteiger partial charge in [-0.1, -0.05) is 36.7 Å². The van der Waals surface area contributed by atoms with Gasteiger partial charge in [0.15, 0.2) is 6.10 Å². The van der Waals surface area contributed by atoms with Gasteiger partial charge in [-0.15, -0.1) is 0 Å². The van der Waals surface area contributed by atoms with E-state index in [9.17, 15) is 24.5 Å². The molecule has 9 heteroatoms. The van der Waals surface area contributed by atoms with Crippen LogP contribution in [0.15, 0.2) is 24.3 Å². The van der Waals surface area contributed by atoms with Gasteiger partial charge in [0, 0.05) is 34.7 Å². The van der Waals surface area contributed by atoms with E-state index in [0.29, 0.717) is 5.02 Å². The molecule has 1 aliphatic carbocycles. The Morgan fingerprint density at radius 1 is 1.39 bits per heavy atom. The fourth-order valence-corrected chi connectivity index (χ4v) is 3.65. The van der Waals surface area contributed by atoms with Crippen LogP contribution in [0.2, 0.25) is 5.02 Å². The molecule has 152 valence electrons. The lowest BCUT2D eigenvalue weighted by Gasteiger charge is -2.18. The zero-order valence-electron chi connectivity index (χ0n) is 15.7. The molecule has 0 spiro atoms. The van der Waals surface area contributed by atoms with Crippen molar-refractivity contribution in [1.29, 1.82) is 0 Å². The first-order valence-corrected chi connectivity index (χ1v) is 9.42. The first kappa shape index (κ1) is 21.8. The summed E-state index contributed by atoms with van der Waals surface area (Å²) in [5.41, 5.74) is 0.726. The van der Waals surface area contributed by atoms with Crippen molar-refractivity contribution in [3.63, 3.8) is 0 Å². The third kappa shape index (κ3) is 5.76. The number of hydrogen-bond acceptors (Lipinski definition) is 6. The second-order valence-corrected chi connectivity index (χ2v) is 7.49. The lowest BCUT2D eigenvalue weighted by molar-refractivity contribution is -0.490. The van der Waals surface area contributed by atoms with Crippen LogP contribution in [0.3, 0.4) is 0 Å². The lowest BCUT2D eigenvalue weighted by atomic mass is 9.88. The number of Topliss-reactive ketones (excluding diaryl/α,β-unsaturated/α-hetero) is 1. The van der Waals surface area contributed by atoms with E-state index in [2.05, 4.69) is 5.32 Å². The summed E-state index contributed by atoms with van der Waals surface area (Å²) in [6.07, 6.45) is -1.10. The van der Waals surface area contributed by atoms with Gasteiger partial charge in [0.05, 0.1) is 6.42 Å². The van der Waals surface area contributed by atoms with Crippen LogP contribution in [-0.4, -0.2) is 35.2 Å². The number of carbonyl (C=O) groups excluding carboxylic acids is 3. The van der Waals surface area contributed by atoms with E-state index in [1.165, 1.54) is 6.92 Å². The number of nitrogens with zero attached hydrogens (tertiary/aromatic N) is 1. The van der Waals surface area contributed by atoms with E-state index < -0.39 is 34.7 Å². The minimum Gasteiger partial charge on any atom is -0.453 e. The Morgan fingerprint density at radius 3 is 2.71 bits per heavy atom. The van der Waals surface area contributed by atoms with Gasteiger partial charge in [0.25, 0.3) is 5.91 Å². The third-order valence-electron chi connectivity index (χ3n) is 5.02. The van der Waals surface area contributed by atoms with Gasteiger partial charge in [0.2, 0.25) is 6.54 Å². The number of nitrogens with one attached hydrogen (secondary N) is 1. The van der Waals surface area contributed by atoms with Gasteiger partial charge in [-0.2, -0.15) is 0 Å². The Morgan fingerprint density at radius 2 is 2.07 bits per heavy atom. The molecule has 2 rings (SSSR count). The molecule has 1 N–H and O–H groups in total. The fraction of sp³-hybridized carbons (Fsp3) is 0.526. The normalized spacial score (nSPS) is 22.5. The highest BCUT2D eigenvalue weighted by molar-refractivity contribution is 6.31. The average molecular weight is 411 g/mol. The van der Waals surface area contributed by atoms with Crippen LogP contribution in [0.5, 0.6) is 0 Å². The summed E-state index contributed by atoms with van der Waals surface area (Å²) >= 11 is 6.03. The Hall–Kier alpha value is -2.48. The first-order valence-electron chi connectivity index (χ1n) is 9.04. The SMILES string of the molecule is C[C@H](OC(=O)C[C@@H]1C(=O)C[C@H](C)[C@H]1C[N+](=O)[O-])C(=O)NCc1ccccc1Cl. The van der Waals surface area contributed by atoms with Crippen molar-refractivity contribution in [2.75, 3.05) is 6.54 Å². The van der Waals surface area contributed by atoms with E-state index in [1.807, 2.05) is 0 Å². The molecule has 8 nitrogen and oxygen atoms in total. The maximum Gasteiger partial charge on any atom is 0.307 e. The highest BCUT2D eigenvalue weighted by Crippen LogP contribution is 2.36. The average Bonchev–Trinajstić information content (AvgIpc) is 2.87. The van der Waals surface area contributed by atoms with Crippen LogP contribution in [0.25, 0.3) is 0 Å². The first-order chi connectivity index (χ1) is 13.2. The minimum atomic E-state index is -1.06. The molecule has 0 radical (unpaired) electrons. The standard InChI is InChI=1S/C19H23ClN2O6/c1-11-7-17(23)14(15(11)10-22(26)27)8-18(24)28-12(2)19(25)21-9-13-5-3-4-6-16(13)20/h3-6,11-12,14-15H,7-10H2,1-2H3,(H,21,25)/t11-,12-,14-,15+/m0/s1. The largest absolute Gasteiger partial charge is 0.453 e. The van der Waals surface area contributed by atoms with Gasteiger partial charge >= 0.3 is 5.97 Å². The van der Waals surface area contributed by atoms with Crippen molar-refractivity contribution < 1.29 is 24.0 Å². The summed E-state index contributed by atoms with van der Waals surface area (Å²) in [6.45, 7) is 3.01. The molecule has 0 aliphatic heterocycles. The number of amides is 1. The lowest BCUT2D eigenvalue weighted by Crippen LogP contribution is -2.36. The molecular weight excluding hydrogens is 388 g/mol. The van der Waals surface area contributed by atoms with Crippen molar-refractivity contribution in [2.45, 2.75) is 39.3 Å². The maximum absolute atomic E-state index is 12.2. The van der Waals surface area contributed by atoms with Crippen LogP contribution in [-0.2, 0) is 25.7 Å². The summed E-state index contributed by atoms with van der Waals surface area (Å²) in [6, 6.07) is 7.03. The Labute approximate surface area is 167 Å². The summed E-state index contributed by atoms with van der Waals surface area (Å²) < 4.78 is 5.12. The molecule has 1 amide bonds. The van der Waals surface area contributed by atoms with Gasteiger partial charge in [-0.3, -0.25) is 24.5 Å². The number of ether oxygens (including phenoxy) is 1. The van der Waals surface area contributed by atoms with Crippen molar-refractivity contribution >= 4 is 29.3 Å². The summed E-state index contributed by atoms with van der Waals surface area (Å²) in [4.78, 5) is 46.8. The van der Waals surface area contributed by atoms with Crippen LogP contribution < -0.4 is 5.32 Å². The zero-order chi connectivity index (χ0) is 20.8. The number of hydrogen-bond donors (Lipinski definition) is 1. The molecule has 0 saturated heterocycles. The van der Waals surface area contributed by atoms with Gasteiger partial charge in [0.1, 0.15) is 5.78 Å². The number of rotatable bonds is 8. The number of nitro groups is 1. The Balaban J connectivity index is 1.87. The van der Waals surface area contributed by atoms with Crippen molar-refractivity contribution in [1.82, 2.24) is 5.32 Å². The zero-order valence-corrected chi connectivity index (χ0v) is 16.5. The van der Waals surface area contributed by atoms with Gasteiger partial charge in [-0.25, -0.2) is 0 Å². The van der Waals surface area contributed by atoms with Crippen molar-refractivity contribution in [3.05, 3.63) is 45.0 Å². The molecular formula is C19H23ClN2O6. The second-order valence-electron chi connectivity index (χ2n) is 7.08. The molecule has 1 aromatic rings. The molecule has 1 saturated carbocycles. The molecule has 0 aromatic heterocycles. The number of carbonyl (C=O) groups is 3. The molecule has 1 fully saturated rings. The van der Waals surface area contributed by atoms with Crippen molar-refractivity contribution in [2.24, 2.45) is 17.8 Å². The summed E-state index contributed by atoms with van der Waals surface area (Å²) in [5.74, 6) is -2.80. The van der Waals surface area contributed by atoms with E-state index in [1.54, 1.807) is 31.2 Å². The molecule has 0 bridgehead atoms. The number of ketones is 1. The van der Waals surface area contributed by atoms with Crippen LogP contribution in [0.4, 0.5) is 0 Å². The van der Waals surface area contributed by atoms with E-state index in [4.69, 9.17) is 16.3 Å². The predicted molar refractivity (Wildman–Crippen MR) is 101 cm³/mol. The summed E-state index contributed by atoms with van der Waals surface area (Å²) in [5, 5.41) is 14.0. The van der Waals surface area contributed by atoms with E-state index in [0.717, 1.165) is 5.56 Å². The van der Waals surface area contributed by atoms with Crippen LogP contribution >= 0.6 is 11.6 Å².